The highest BCUT2D eigenvalue weighted by atomic mass is 35.5. The molecule has 6 heteroatoms. The molecule has 0 spiro atoms. The quantitative estimate of drug-likeness (QED) is 0.578. The SMILES string of the molecule is CC1(C(=O)NCCCOCC2CCOCC2)CC1(Cl)Cl. The fourth-order valence-corrected chi connectivity index (χ4v) is 3.09. The van der Waals surface area contributed by atoms with E-state index >= 15 is 0 Å². The number of amides is 1. The molecule has 2 aliphatic rings. The van der Waals surface area contributed by atoms with E-state index in [0.717, 1.165) is 39.1 Å². The lowest BCUT2D eigenvalue weighted by atomic mass is 10.0. The summed E-state index contributed by atoms with van der Waals surface area (Å²) in [5.41, 5.74) is -0.626. The summed E-state index contributed by atoms with van der Waals surface area (Å²) in [5.74, 6) is 0.559. The Hall–Kier alpha value is -0.0300. The molecule has 1 saturated carbocycles. The summed E-state index contributed by atoms with van der Waals surface area (Å²) < 4.78 is 10.0. The zero-order chi connectivity index (χ0) is 14.6. The van der Waals surface area contributed by atoms with Crippen LogP contribution in [0.15, 0.2) is 0 Å². The molecule has 0 aromatic rings. The van der Waals surface area contributed by atoms with Crippen molar-refractivity contribution in [2.24, 2.45) is 11.3 Å². The third kappa shape index (κ3) is 4.00. The maximum Gasteiger partial charge on any atom is 0.229 e. The van der Waals surface area contributed by atoms with Gasteiger partial charge in [-0.2, -0.15) is 0 Å². The number of halogens is 2. The highest BCUT2D eigenvalue weighted by molar-refractivity contribution is 6.53. The molecule has 116 valence electrons. The molecule has 1 aliphatic carbocycles. The van der Waals surface area contributed by atoms with Crippen LogP contribution in [0.5, 0.6) is 0 Å². The fraction of sp³-hybridized carbons (Fsp3) is 0.929. The van der Waals surface area contributed by atoms with Gasteiger partial charge in [0.1, 0.15) is 4.33 Å². The van der Waals surface area contributed by atoms with E-state index in [2.05, 4.69) is 5.32 Å². The Morgan fingerprint density at radius 3 is 2.65 bits per heavy atom. The number of alkyl halides is 2. The maximum atomic E-state index is 11.9. The van der Waals surface area contributed by atoms with Crippen molar-refractivity contribution in [2.75, 3.05) is 33.0 Å². The van der Waals surface area contributed by atoms with Crippen molar-refractivity contribution in [1.82, 2.24) is 5.32 Å². The Kier molecular flexibility index (Phi) is 5.57. The van der Waals surface area contributed by atoms with Crippen LogP contribution in [0.3, 0.4) is 0 Å². The normalized spacial score (nSPS) is 29.1. The van der Waals surface area contributed by atoms with Gasteiger partial charge in [-0.05, 0) is 38.5 Å². The summed E-state index contributed by atoms with van der Waals surface area (Å²) in [5, 5.41) is 2.87. The van der Waals surface area contributed by atoms with Crippen LogP contribution in [0.1, 0.15) is 32.6 Å². The molecule has 0 aromatic carbocycles. The molecule has 20 heavy (non-hydrogen) atoms. The van der Waals surface area contributed by atoms with Gasteiger partial charge in [0.15, 0.2) is 0 Å². The van der Waals surface area contributed by atoms with Crippen molar-refractivity contribution >= 4 is 29.1 Å². The van der Waals surface area contributed by atoms with Crippen LogP contribution in [0.4, 0.5) is 0 Å². The van der Waals surface area contributed by atoms with Gasteiger partial charge in [0.25, 0.3) is 0 Å². The van der Waals surface area contributed by atoms with E-state index in [1.165, 1.54) is 0 Å². The topological polar surface area (TPSA) is 47.6 Å². The molecule has 1 amide bonds. The molecule has 0 radical (unpaired) electrons. The number of hydrogen-bond acceptors (Lipinski definition) is 3. The highest BCUT2D eigenvalue weighted by Gasteiger charge is 2.67. The molecule has 1 atom stereocenters. The minimum Gasteiger partial charge on any atom is -0.381 e. The zero-order valence-electron chi connectivity index (χ0n) is 11.9. The summed E-state index contributed by atoms with van der Waals surface area (Å²) >= 11 is 11.9. The average Bonchev–Trinajstić information content (AvgIpc) is 2.95. The van der Waals surface area contributed by atoms with Gasteiger partial charge in [-0.15, -0.1) is 23.2 Å². The van der Waals surface area contributed by atoms with Crippen LogP contribution in [0.25, 0.3) is 0 Å². The molecule has 1 saturated heterocycles. The number of carbonyl (C=O) groups is 1. The van der Waals surface area contributed by atoms with Crippen molar-refractivity contribution in [3.8, 4) is 0 Å². The lowest BCUT2D eigenvalue weighted by Gasteiger charge is -2.21. The first-order valence-electron chi connectivity index (χ1n) is 7.27. The van der Waals surface area contributed by atoms with Crippen LogP contribution in [-0.2, 0) is 14.3 Å². The van der Waals surface area contributed by atoms with E-state index in [4.69, 9.17) is 32.7 Å². The van der Waals surface area contributed by atoms with Crippen molar-refractivity contribution < 1.29 is 14.3 Å². The van der Waals surface area contributed by atoms with E-state index in [9.17, 15) is 4.79 Å². The molecule has 1 N–H and O–H groups in total. The average molecular weight is 324 g/mol. The number of rotatable bonds is 7. The minimum atomic E-state index is -0.892. The second kappa shape index (κ2) is 6.82. The van der Waals surface area contributed by atoms with Gasteiger partial charge >= 0.3 is 0 Å². The summed E-state index contributed by atoms with van der Waals surface area (Å²) in [6, 6.07) is 0. The second-order valence-corrected chi connectivity index (χ2v) is 7.44. The predicted octanol–water partition coefficient (Wildman–Crippen LogP) is 2.52. The summed E-state index contributed by atoms with van der Waals surface area (Å²) in [7, 11) is 0. The van der Waals surface area contributed by atoms with Crippen LogP contribution in [-0.4, -0.2) is 43.2 Å². The molecule has 1 unspecified atom stereocenters. The van der Waals surface area contributed by atoms with Gasteiger partial charge in [0.2, 0.25) is 5.91 Å². The van der Waals surface area contributed by atoms with E-state index in [0.29, 0.717) is 25.5 Å². The third-order valence-electron chi connectivity index (χ3n) is 4.20. The Morgan fingerprint density at radius 1 is 1.40 bits per heavy atom. The highest BCUT2D eigenvalue weighted by Crippen LogP contribution is 2.63. The Balaban J connectivity index is 1.49. The standard InChI is InChI=1S/C14H23Cl2NO3/c1-13(10-14(13,15)16)12(18)17-5-2-6-20-9-11-3-7-19-8-4-11/h11H,2-10H2,1H3,(H,17,18). The molecular formula is C14H23Cl2NO3. The molecule has 1 heterocycles. The molecule has 2 fully saturated rings. The van der Waals surface area contributed by atoms with E-state index in [-0.39, 0.29) is 5.91 Å². The molecule has 2 rings (SSSR count). The van der Waals surface area contributed by atoms with Crippen LogP contribution >= 0.6 is 23.2 Å². The third-order valence-corrected chi connectivity index (χ3v) is 5.31. The van der Waals surface area contributed by atoms with Gasteiger partial charge in [-0.1, -0.05) is 0 Å². The fourth-order valence-electron chi connectivity index (χ4n) is 2.38. The Labute approximate surface area is 130 Å². The molecule has 1 aliphatic heterocycles. The van der Waals surface area contributed by atoms with Gasteiger partial charge in [-0.25, -0.2) is 0 Å². The largest absolute Gasteiger partial charge is 0.381 e. The summed E-state index contributed by atoms with van der Waals surface area (Å²) in [6.07, 6.45) is 3.50. The van der Waals surface area contributed by atoms with E-state index in [1.807, 2.05) is 0 Å². The van der Waals surface area contributed by atoms with E-state index in [1.54, 1.807) is 6.92 Å². The van der Waals surface area contributed by atoms with Crippen molar-refractivity contribution in [3.05, 3.63) is 0 Å². The second-order valence-electron chi connectivity index (χ2n) is 5.95. The van der Waals surface area contributed by atoms with Crippen molar-refractivity contribution in [2.45, 2.75) is 36.9 Å². The lowest BCUT2D eigenvalue weighted by Crippen LogP contribution is -2.34. The summed E-state index contributed by atoms with van der Waals surface area (Å²) in [4.78, 5) is 11.9. The summed E-state index contributed by atoms with van der Waals surface area (Å²) in [6.45, 7) is 5.56. The number of nitrogens with one attached hydrogen (secondary N) is 1. The lowest BCUT2D eigenvalue weighted by molar-refractivity contribution is -0.125. The molecular weight excluding hydrogens is 301 g/mol. The Bertz CT molecular complexity index is 345. The van der Waals surface area contributed by atoms with Gasteiger partial charge in [-0.3, -0.25) is 4.79 Å². The molecule has 0 bridgehead atoms. The predicted molar refractivity (Wildman–Crippen MR) is 79.1 cm³/mol. The number of carbonyl (C=O) groups excluding carboxylic acids is 1. The van der Waals surface area contributed by atoms with Crippen LogP contribution < -0.4 is 5.32 Å². The number of ether oxygens (including phenoxy) is 2. The van der Waals surface area contributed by atoms with Crippen molar-refractivity contribution in [1.29, 1.82) is 0 Å². The van der Waals surface area contributed by atoms with Gasteiger partial charge in [0, 0.05) is 33.0 Å². The van der Waals surface area contributed by atoms with E-state index < -0.39 is 9.75 Å². The first-order chi connectivity index (χ1) is 9.46. The smallest absolute Gasteiger partial charge is 0.229 e. The number of hydrogen-bond donors (Lipinski definition) is 1. The Morgan fingerprint density at radius 2 is 2.05 bits per heavy atom. The maximum absolute atomic E-state index is 11.9. The first kappa shape index (κ1) is 16.3. The first-order valence-corrected chi connectivity index (χ1v) is 8.03. The van der Waals surface area contributed by atoms with Crippen LogP contribution in [0, 0.1) is 11.3 Å². The molecule has 4 nitrogen and oxygen atoms in total. The minimum absolute atomic E-state index is 0.0630. The van der Waals surface area contributed by atoms with Crippen molar-refractivity contribution in [3.63, 3.8) is 0 Å². The van der Waals surface area contributed by atoms with Gasteiger partial charge in [0.05, 0.1) is 5.41 Å². The van der Waals surface area contributed by atoms with Crippen LogP contribution in [0.2, 0.25) is 0 Å². The van der Waals surface area contributed by atoms with Gasteiger partial charge < -0.3 is 14.8 Å². The molecule has 0 aromatic heterocycles. The zero-order valence-corrected chi connectivity index (χ0v) is 13.4. The monoisotopic (exact) mass is 323 g/mol.